The van der Waals surface area contributed by atoms with E-state index in [1.807, 2.05) is 24.3 Å². The number of carbonyl (C=O) groups is 2. The Labute approximate surface area is 269 Å². The molecule has 3 aromatic rings. The van der Waals surface area contributed by atoms with Gasteiger partial charge in [-0.15, -0.1) is 23.2 Å². The average molecular weight is 670 g/mol. The Balaban J connectivity index is 0.000000432. The van der Waals surface area contributed by atoms with Crippen LogP contribution in [0.5, 0.6) is 0 Å². The van der Waals surface area contributed by atoms with Crippen LogP contribution < -0.4 is 14.9 Å². The summed E-state index contributed by atoms with van der Waals surface area (Å²) in [5.41, 5.74) is 3.91. The molecule has 1 aromatic heterocycles. The summed E-state index contributed by atoms with van der Waals surface area (Å²) in [4.78, 5) is 38.1. The molecule has 1 heterocycles. The number of benzene rings is 2. The number of nitrogens with zero attached hydrogens (tertiary/aromatic N) is 4. The van der Waals surface area contributed by atoms with Gasteiger partial charge < -0.3 is 25.1 Å². The number of hydrogen-bond acceptors (Lipinski definition) is 8. The fourth-order valence-electron chi connectivity index (χ4n) is 4.09. The zero-order valence-electron chi connectivity index (χ0n) is 24.7. The van der Waals surface area contributed by atoms with Crippen LogP contribution in [-0.4, -0.2) is 69.5 Å². The summed E-state index contributed by atoms with van der Waals surface area (Å²) in [7, 11) is 1.97. The first-order valence-electron chi connectivity index (χ1n) is 13.8. The van der Waals surface area contributed by atoms with Gasteiger partial charge in [-0.25, -0.2) is 13.5 Å². The highest BCUT2D eigenvalue weighted by Gasteiger charge is 2.17. The van der Waals surface area contributed by atoms with Gasteiger partial charge in [-0.3, -0.25) is 9.59 Å². The Morgan fingerprint density at radius 1 is 1.09 bits per heavy atom. The van der Waals surface area contributed by atoms with E-state index in [1.165, 1.54) is 23.4 Å². The van der Waals surface area contributed by atoms with Crippen LogP contribution in [0.1, 0.15) is 29.7 Å². The zero-order valence-corrected chi connectivity index (χ0v) is 27.1. The van der Waals surface area contributed by atoms with Crippen molar-refractivity contribution in [1.29, 1.82) is 0 Å². The summed E-state index contributed by atoms with van der Waals surface area (Å²) in [6.07, 6.45) is 4.22. The number of nitro groups is 1. The number of amides is 1. The van der Waals surface area contributed by atoms with Crippen molar-refractivity contribution in [2.45, 2.75) is 37.2 Å². The van der Waals surface area contributed by atoms with Gasteiger partial charge in [-0.05, 0) is 66.6 Å². The van der Waals surface area contributed by atoms with E-state index in [4.69, 9.17) is 23.2 Å². The van der Waals surface area contributed by atoms with Crippen LogP contribution in [0.3, 0.4) is 0 Å². The Bertz CT molecular complexity index is 1340. The standard InChI is InChI=1S/C23H31Cl2N3O2S.C6H7N3O4/c1-26-31(30)22-11-7-20(8-12-22)13-16-27-23(29)4-2-3-19-5-9-21(10-6-19)28(17-14-24)18-15-25;1-8-5(3-13-4-10)2-7-6(8)9(11)12/h5-12,26H,2-4,13-18H2,1H3,(H,27,29);2,4H,3H2,1H3. The minimum Gasteiger partial charge on any atom is -0.460 e. The molecule has 15 heteroatoms. The van der Waals surface area contributed by atoms with Gasteiger partial charge in [0.2, 0.25) is 5.91 Å². The molecule has 0 aliphatic heterocycles. The molecule has 0 saturated heterocycles. The number of rotatable bonds is 18. The number of hydrogen-bond donors (Lipinski definition) is 2. The summed E-state index contributed by atoms with van der Waals surface area (Å²) in [5, 5.41) is 13.3. The predicted octanol–water partition coefficient (Wildman–Crippen LogP) is 3.90. The fourth-order valence-corrected chi connectivity index (χ4v) is 5.12. The first kappa shape index (κ1) is 36.7. The molecule has 0 aliphatic carbocycles. The lowest BCUT2D eigenvalue weighted by Crippen LogP contribution is -2.27. The highest BCUT2D eigenvalue weighted by molar-refractivity contribution is 7.83. The molecule has 0 bridgehead atoms. The number of anilines is 1. The van der Waals surface area contributed by atoms with Crippen molar-refractivity contribution in [1.82, 2.24) is 19.6 Å². The van der Waals surface area contributed by atoms with E-state index < -0.39 is 15.9 Å². The molecule has 0 fully saturated rings. The van der Waals surface area contributed by atoms with Gasteiger partial charge in [0.25, 0.3) is 6.47 Å². The van der Waals surface area contributed by atoms with E-state index >= 15 is 0 Å². The maximum absolute atomic E-state index is 12.1. The molecule has 1 atom stereocenters. The SMILES string of the molecule is CNS(=O)c1ccc(CCNC(=O)CCCc2ccc(N(CCCl)CCCl)cc2)cc1.Cn1c(COC=O)cnc1[N+](=O)[O-]. The summed E-state index contributed by atoms with van der Waals surface area (Å²) in [6.45, 7) is 2.40. The largest absolute Gasteiger partial charge is 0.460 e. The van der Waals surface area contributed by atoms with Crippen molar-refractivity contribution in [3.05, 3.63) is 81.7 Å². The second-order valence-corrected chi connectivity index (χ2v) is 11.5. The summed E-state index contributed by atoms with van der Waals surface area (Å²) in [5.74, 6) is 0.927. The smallest absolute Gasteiger partial charge is 0.434 e. The number of halogens is 2. The number of imidazole rings is 1. The molecule has 12 nitrogen and oxygen atoms in total. The van der Waals surface area contributed by atoms with Crippen LogP contribution in [0.2, 0.25) is 0 Å². The molecule has 240 valence electrons. The maximum Gasteiger partial charge on any atom is 0.434 e. The average Bonchev–Trinajstić information content (AvgIpc) is 3.40. The molecule has 0 saturated carbocycles. The lowest BCUT2D eigenvalue weighted by atomic mass is 10.1. The molecule has 2 aromatic carbocycles. The number of carbonyl (C=O) groups excluding carboxylic acids is 2. The third kappa shape index (κ3) is 12.6. The molecule has 2 N–H and O–H groups in total. The van der Waals surface area contributed by atoms with Gasteiger partial charge >= 0.3 is 5.95 Å². The van der Waals surface area contributed by atoms with Crippen LogP contribution in [-0.2, 0) is 51.8 Å². The van der Waals surface area contributed by atoms with Crippen molar-refractivity contribution in [2.75, 3.05) is 43.3 Å². The molecular weight excluding hydrogens is 631 g/mol. The third-order valence-corrected chi connectivity index (χ3v) is 7.87. The van der Waals surface area contributed by atoms with Crippen LogP contribution in [0.15, 0.2) is 59.6 Å². The molecule has 0 spiro atoms. The van der Waals surface area contributed by atoms with Gasteiger partial charge in [0, 0.05) is 43.5 Å². The predicted molar refractivity (Wildman–Crippen MR) is 172 cm³/mol. The van der Waals surface area contributed by atoms with Crippen molar-refractivity contribution >= 4 is 58.2 Å². The van der Waals surface area contributed by atoms with Crippen LogP contribution in [0.25, 0.3) is 0 Å². The molecule has 0 aliphatic rings. The molecule has 1 amide bonds. The lowest BCUT2D eigenvalue weighted by Gasteiger charge is -2.23. The number of ether oxygens (including phenoxy) is 1. The Morgan fingerprint density at radius 3 is 2.25 bits per heavy atom. The highest BCUT2D eigenvalue weighted by atomic mass is 35.5. The van der Waals surface area contributed by atoms with Crippen molar-refractivity contribution < 1.29 is 23.5 Å². The van der Waals surface area contributed by atoms with Gasteiger partial charge in [-0.2, -0.15) is 0 Å². The molecular formula is C29H38Cl2N6O6S. The maximum atomic E-state index is 12.1. The summed E-state index contributed by atoms with van der Waals surface area (Å²) in [6, 6.07) is 16.0. The molecule has 0 radical (unpaired) electrons. The minimum absolute atomic E-state index is 0.0131. The van der Waals surface area contributed by atoms with Gasteiger partial charge in [-0.1, -0.05) is 29.2 Å². The monoisotopic (exact) mass is 668 g/mol. The van der Waals surface area contributed by atoms with Gasteiger partial charge in [0.1, 0.15) is 23.8 Å². The summed E-state index contributed by atoms with van der Waals surface area (Å²) < 4.78 is 20.1. The van der Waals surface area contributed by atoms with E-state index in [9.17, 15) is 23.9 Å². The zero-order chi connectivity index (χ0) is 32.3. The summed E-state index contributed by atoms with van der Waals surface area (Å²) >= 11 is 11.7. The Hall–Kier alpha value is -3.52. The second-order valence-electron chi connectivity index (χ2n) is 9.37. The first-order valence-corrected chi connectivity index (χ1v) is 16.1. The van der Waals surface area contributed by atoms with E-state index in [-0.39, 0.29) is 24.9 Å². The molecule has 44 heavy (non-hydrogen) atoms. The number of alkyl halides is 2. The number of nitrogens with one attached hydrogen (secondary N) is 2. The Morgan fingerprint density at radius 2 is 1.70 bits per heavy atom. The van der Waals surface area contributed by atoms with Crippen LogP contribution in [0, 0.1) is 10.1 Å². The number of aryl methyl sites for hydroxylation is 1. The normalized spacial score (nSPS) is 11.2. The van der Waals surface area contributed by atoms with E-state index in [1.54, 1.807) is 7.05 Å². The fraction of sp³-hybridized carbons (Fsp3) is 0.414. The van der Waals surface area contributed by atoms with Crippen LogP contribution >= 0.6 is 23.2 Å². The quantitative estimate of drug-likeness (QED) is 0.0897. The minimum atomic E-state index is -1.17. The first-order chi connectivity index (χ1) is 21.2. The van der Waals surface area contributed by atoms with E-state index in [2.05, 4.69) is 48.9 Å². The molecule has 1 unspecified atom stereocenters. The van der Waals surface area contributed by atoms with Gasteiger partial charge in [0.05, 0.1) is 11.9 Å². The second kappa shape index (κ2) is 20.4. The van der Waals surface area contributed by atoms with Crippen molar-refractivity contribution in [3.63, 3.8) is 0 Å². The van der Waals surface area contributed by atoms with E-state index in [0.717, 1.165) is 48.5 Å². The Kier molecular flexibility index (Phi) is 17.0. The van der Waals surface area contributed by atoms with Gasteiger partial charge in [0.15, 0.2) is 5.69 Å². The number of aromatic nitrogens is 2. The topological polar surface area (TPSA) is 149 Å². The van der Waals surface area contributed by atoms with Crippen molar-refractivity contribution in [2.24, 2.45) is 7.05 Å². The highest BCUT2D eigenvalue weighted by Crippen LogP contribution is 2.17. The van der Waals surface area contributed by atoms with E-state index in [0.29, 0.717) is 30.4 Å². The van der Waals surface area contributed by atoms with Crippen molar-refractivity contribution in [3.8, 4) is 0 Å². The van der Waals surface area contributed by atoms with Crippen LogP contribution in [0.4, 0.5) is 11.6 Å². The third-order valence-electron chi connectivity index (χ3n) is 6.46. The lowest BCUT2D eigenvalue weighted by molar-refractivity contribution is -0.396. The molecule has 3 rings (SSSR count).